The van der Waals surface area contributed by atoms with Gasteiger partial charge in [-0.3, -0.25) is 0 Å². The number of allylic oxidation sites excluding steroid dienone is 1. The molecule has 0 unspecified atom stereocenters. The van der Waals surface area contributed by atoms with E-state index in [0.29, 0.717) is 11.4 Å². The normalized spacial score (nSPS) is 11.1. The smallest absolute Gasteiger partial charge is 0.360 e. The molecular formula is C10H10F3N. The second-order valence-electron chi connectivity index (χ2n) is 2.98. The van der Waals surface area contributed by atoms with Crippen LogP contribution in [0.15, 0.2) is 36.5 Å². The van der Waals surface area contributed by atoms with Gasteiger partial charge in [-0.2, -0.15) is 13.2 Å². The highest BCUT2D eigenvalue weighted by Gasteiger charge is 2.29. The standard InChI is InChI=1S/C10H10F3N/c1-7(2)14-9-5-3-8(4-6-9)10(11,12)13/h3-6,14H,1H2,2H3. The van der Waals surface area contributed by atoms with Gasteiger partial charge in [0.1, 0.15) is 0 Å². The second kappa shape index (κ2) is 3.74. The first-order valence-corrected chi connectivity index (χ1v) is 3.99. The molecule has 4 heteroatoms. The highest BCUT2D eigenvalue weighted by molar-refractivity contribution is 5.48. The SMILES string of the molecule is C=C(C)Nc1ccc(C(F)(F)F)cc1. The number of nitrogens with one attached hydrogen (secondary N) is 1. The summed E-state index contributed by atoms with van der Waals surface area (Å²) in [6.45, 7) is 5.32. The minimum Gasteiger partial charge on any atom is -0.360 e. The predicted molar refractivity (Wildman–Crippen MR) is 49.9 cm³/mol. The number of rotatable bonds is 2. The molecule has 1 rings (SSSR count). The summed E-state index contributed by atoms with van der Waals surface area (Å²) in [6, 6.07) is 4.81. The summed E-state index contributed by atoms with van der Waals surface area (Å²) in [5.41, 5.74) is 0.639. The molecule has 0 fully saturated rings. The molecule has 1 nitrogen and oxygen atoms in total. The summed E-state index contributed by atoms with van der Waals surface area (Å²) in [4.78, 5) is 0. The fourth-order valence-corrected chi connectivity index (χ4v) is 0.989. The van der Waals surface area contributed by atoms with Gasteiger partial charge in [0.2, 0.25) is 0 Å². The van der Waals surface area contributed by atoms with Crippen molar-refractivity contribution in [3.8, 4) is 0 Å². The molecule has 0 atom stereocenters. The molecular weight excluding hydrogens is 191 g/mol. The Hall–Kier alpha value is -1.45. The van der Waals surface area contributed by atoms with E-state index in [1.165, 1.54) is 12.1 Å². The Morgan fingerprint density at radius 2 is 1.71 bits per heavy atom. The Balaban J connectivity index is 2.84. The predicted octanol–water partition coefficient (Wildman–Crippen LogP) is 3.65. The Labute approximate surface area is 80.2 Å². The van der Waals surface area contributed by atoms with E-state index in [4.69, 9.17) is 0 Å². The van der Waals surface area contributed by atoms with Crippen molar-refractivity contribution in [3.05, 3.63) is 42.1 Å². The van der Waals surface area contributed by atoms with Crippen molar-refractivity contribution >= 4 is 5.69 Å². The zero-order valence-corrected chi connectivity index (χ0v) is 7.65. The lowest BCUT2D eigenvalue weighted by Gasteiger charge is -2.08. The summed E-state index contributed by atoms with van der Waals surface area (Å²) in [5.74, 6) is 0. The fraction of sp³-hybridized carbons (Fsp3) is 0.200. The van der Waals surface area contributed by atoms with Crippen LogP contribution in [0.3, 0.4) is 0 Å². The van der Waals surface area contributed by atoms with Crippen LogP contribution in [-0.4, -0.2) is 0 Å². The van der Waals surface area contributed by atoms with Crippen molar-refractivity contribution in [2.24, 2.45) is 0 Å². The zero-order chi connectivity index (χ0) is 10.8. The van der Waals surface area contributed by atoms with Crippen LogP contribution in [0, 0.1) is 0 Å². The maximum atomic E-state index is 12.1. The van der Waals surface area contributed by atoms with Gasteiger partial charge in [0.25, 0.3) is 0 Å². The lowest BCUT2D eigenvalue weighted by atomic mass is 10.2. The van der Waals surface area contributed by atoms with E-state index in [9.17, 15) is 13.2 Å². The van der Waals surface area contributed by atoms with E-state index in [1.807, 2.05) is 0 Å². The Morgan fingerprint density at radius 1 is 1.21 bits per heavy atom. The third kappa shape index (κ3) is 2.80. The summed E-state index contributed by atoms with van der Waals surface area (Å²) in [6.07, 6.45) is -4.28. The number of hydrogen-bond donors (Lipinski definition) is 1. The highest BCUT2D eigenvalue weighted by Crippen LogP contribution is 2.29. The second-order valence-corrected chi connectivity index (χ2v) is 2.98. The van der Waals surface area contributed by atoms with Crippen molar-refractivity contribution in [2.45, 2.75) is 13.1 Å². The van der Waals surface area contributed by atoms with Crippen LogP contribution in [0.1, 0.15) is 12.5 Å². The van der Waals surface area contributed by atoms with Gasteiger partial charge in [-0.05, 0) is 31.2 Å². The van der Waals surface area contributed by atoms with Crippen LogP contribution in [0.4, 0.5) is 18.9 Å². The number of alkyl halides is 3. The molecule has 0 saturated carbocycles. The molecule has 0 amide bonds. The van der Waals surface area contributed by atoms with Crippen molar-refractivity contribution in [2.75, 3.05) is 5.32 Å². The van der Waals surface area contributed by atoms with Gasteiger partial charge >= 0.3 is 6.18 Å². The number of halogens is 3. The summed E-state index contributed by atoms with van der Waals surface area (Å²) in [7, 11) is 0. The summed E-state index contributed by atoms with van der Waals surface area (Å²) in [5, 5.41) is 2.82. The van der Waals surface area contributed by atoms with Crippen LogP contribution in [-0.2, 0) is 6.18 Å². The Morgan fingerprint density at radius 3 is 2.07 bits per heavy atom. The molecule has 1 aromatic carbocycles. The molecule has 0 spiro atoms. The van der Waals surface area contributed by atoms with E-state index in [0.717, 1.165) is 12.1 Å². The Bertz CT molecular complexity index is 324. The molecule has 0 heterocycles. The first-order chi connectivity index (χ1) is 6.39. The molecule has 0 bridgehead atoms. The van der Waals surface area contributed by atoms with E-state index in [-0.39, 0.29) is 0 Å². The summed E-state index contributed by atoms with van der Waals surface area (Å²) >= 11 is 0. The quantitative estimate of drug-likeness (QED) is 0.770. The van der Waals surface area contributed by atoms with E-state index >= 15 is 0 Å². The first-order valence-electron chi connectivity index (χ1n) is 3.99. The number of benzene rings is 1. The first kappa shape index (κ1) is 10.6. The fourth-order valence-electron chi connectivity index (χ4n) is 0.989. The minimum atomic E-state index is -4.28. The van der Waals surface area contributed by atoms with Gasteiger partial charge in [0, 0.05) is 11.4 Å². The minimum absolute atomic E-state index is 0.602. The van der Waals surface area contributed by atoms with E-state index < -0.39 is 11.7 Å². The van der Waals surface area contributed by atoms with Gasteiger partial charge in [-0.25, -0.2) is 0 Å². The third-order valence-electron chi connectivity index (χ3n) is 1.57. The monoisotopic (exact) mass is 201 g/mol. The van der Waals surface area contributed by atoms with Crippen LogP contribution < -0.4 is 5.32 Å². The maximum absolute atomic E-state index is 12.1. The summed E-state index contributed by atoms with van der Waals surface area (Å²) < 4.78 is 36.4. The molecule has 0 aliphatic heterocycles. The molecule has 76 valence electrons. The van der Waals surface area contributed by atoms with E-state index in [1.54, 1.807) is 6.92 Å². The maximum Gasteiger partial charge on any atom is 0.416 e. The average Bonchev–Trinajstić information content (AvgIpc) is 2.02. The van der Waals surface area contributed by atoms with Gasteiger partial charge < -0.3 is 5.32 Å². The lowest BCUT2D eigenvalue weighted by Crippen LogP contribution is -2.04. The largest absolute Gasteiger partial charge is 0.416 e. The molecule has 14 heavy (non-hydrogen) atoms. The van der Waals surface area contributed by atoms with Crippen LogP contribution in [0.25, 0.3) is 0 Å². The molecule has 1 aromatic rings. The van der Waals surface area contributed by atoms with Gasteiger partial charge in [-0.1, -0.05) is 6.58 Å². The third-order valence-corrected chi connectivity index (χ3v) is 1.57. The van der Waals surface area contributed by atoms with E-state index in [2.05, 4.69) is 11.9 Å². The van der Waals surface area contributed by atoms with Gasteiger partial charge in [0.15, 0.2) is 0 Å². The lowest BCUT2D eigenvalue weighted by molar-refractivity contribution is -0.137. The van der Waals surface area contributed by atoms with Crippen molar-refractivity contribution in [3.63, 3.8) is 0 Å². The van der Waals surface area contributed by atoms with Gasteiger partial charge in [0.05, 0.1) is 5.56 Å². The molecule has 1 N–H and O–H groups in total. The van der Waals surface area contributed by atoms with Crippen molar-refractivity contribution in [1.29, 1.82) is 0 Å². The molecule has 0 radical (unpaired) electrons. The van der Waals surface area contributed by atoms with Crippen LogP contribution in [0.5, 0.6) is 0 Å². The Kier molecular flexibility index (Phi) is 2.84. The van der Waals surface area contributed by atoms with Crippen molar-refractivity contribution in [1.82, 2.24) is 0 Å². The average molecular weight is 201 g/mol. The molecule has 0 aliphatic carbocycles. The van der Waals surface area contributed by atoms with Crippen LogP contribution in [0.2, 0.25) is 0 Å². The number of anilines is 1. The number of hydrogen-bond acceptors (Lipinski definition) is 1. The zero-order valence-electron chi connectivity index (χ0n) is 7.65. The molecule has 0 aromatic heterocycles. The molecule has 0 saturated heterocycles. The van der Waals surface area contributed by atoms with Crippen LogP contribution >= 0.6 is 0 Å². The topological polar surface area (TPSA) is 12.0 Å². The van der Waals surface area contributed by atoms with Crippen molar-refractivity contribution < 1.29 is 13.2 Å². The van der Waals surface area contributed by atoms with Gasteiger partial charge in [-0.15, -0.1) is 0 Å². The highest BCUT2D eigenvalue weighted by atomic mass is 19.4. The molecule has 0 aliphatic rings.